The van der Waals surface area contributed by atoms with Gasteiger partial charge in [-0.1, -0.05) is 39.8 Å². The molecule has 0 aliphatic rings. The van der Waals surface area contributed by atoms with Gasteiger partial charge in [0.15, 0.2) is 0 Å². The largest absolute Gasteiger partial charge is 0.508 e. The van der Waals surface area contributed by atoms with Gasteiger partial charge >= 0.3 is 0 Å². The highest BCUT2D eigenvalue weighted by Crippen LogP contribution is 2.38. The van der Waals surface area contributed by atoms with E-state index >= 15 is 0 Å². The van der Waals surface area contributed by atoms with Crippen molar-refractivity contribution in [3.63, 3.8) is 0 Å². The number of ether oxygens (including phenoxy) is 1. The van der Waals surface area contributed by atoms with E-state index in [0.717, 1.165) is 14.9 Å². The van der Waals surface area contributed by atoms with Gasteiger partial charge in [0.2, 0.25) is 0 Å². The Morgan fingerprint density at radius 1 is 1.11 bits per heavy atom. The number of halogens is 1. The minimum atomic E-state index is -0.417. The van der Waals surface area contributed by atoms with E-state index in [-0.39, 0.29) is 17.5 Å². The van der Waals surface area contributed by atoms with Crippen LogP contribution < -0.4 is 4.74 Å². The number of benzene rings is 3. The van der Waals surface area contributed by atoms with Gasteiger partial charge in [-0.2, -0.15) is 0 Å². The minimum Gasteiger partial charge on any atom is -0.508 e. The predicted molar refractivity (Wildman–Crippen MR) is 109 cm³/mol. The Morgan fingerprint density at radius 2 is 1.85 bits per heavy atom. The molecular weight excluding hydrogens is 430 g/mol. The number of nitro benzene ring substituents is 1. The van der Waals surface area contributed by atoms with Crippen LogP contribution in [0.4, 0.5) is 5.69 Å². The number of hydrogen-bond acceptors (Lipinski definition) is 5. The second-order valence-electron chi connectivity index (χ2n) is 5.80. The molecule has 0 bridgehead atoms. The molecule has 3 aromatic rings. The summed E-state index contributed by atoms with van der Waals surface area (Å²) < 4.78 is 6.85. The Balaban J connectivity index is 1.82. The van der Waals surface area contributed by atoms with E-state index in [4.69, 9.17) is 4.74 Å². The number of phenolic OH excluding ortho intramolecular Hbond substituents is 1. The van der Waals surface area contributed by atoms with Crippen molar-refractivity contribution in [1.29, 1.82) is 0 Å². The molecule has 0 heterocycles. The van der Waals surface area contributed by atoms with Crippen LogP contribution >= 0.6 is 27.7 Å². The molecule has 0 spiro atoms. The van der Waals surface area contributed by atoms with Gasteiger partial charge in [0.1, 0.15) is 17.6 Å². The maximum atomic E-state index is 11.5. The van der Waals surface area contributed by atoms with Gasteiger partial charge in [-0.3, -0.25) is 10.1 Å². The molecular formula is C20H16BrNO4S. The lowest BCUT2D eigenvalue weighted by Gasteiger charge is -2.16. The van der Waals surface area contributed by atoms with Crippen LogP contribution in [0.2, 0.25) is 0 Å². The standard InChI is InChI=1S/C20H16BrNO4S/c1-13(14-3-2-4-15(21)11-14)26-17-7-10-20(19(12-17)22(24)25)27-18-8-5-16(23)6-9-18/h2-13,23H,1H3/t13-/m1/s1. The molecule has 3 rings (SSSR count). The molecule has 0 aliphatic heterocycles. The van der Waals surface area contributed by atoms with Crippen molar-refractivity contribution in [1.82, 2.24) is 0 Å². The summed E-state index contributed by atoms with van der Waals surface area (Å²) >= 11 is 4.69. The van der Waals surface area contributed by atoms with E-state index in [9.17, 15) is 15.2 Å². The summed E-state index contributed by atoms with van der Waals surface area (Å²) in [4.78, 5) is 12.4. The van der Waals surface area contributed by atoms with Gasteiger partial charge in [-0.15, -0.1) is 0 Å². The molecule has 0 aromatic heterocycles. The van der Waals surface area contributed by atoms with Gasteiger partial charge in [0.05, 0.1) is 15.9 Å². The molecule has 0 saturated carbocycles. The zero-order valence-electron chi connectivity index (χ0n) is 14.3. The highest BCUT2D eigenvalue weighted by Gasteiger charge is 2.18. The topological polar surface area (TPSA) is 72.6 Å². The number of rotatable bonds is 6. The number of phenols is 1. The van der Waals surface area contributed by atoms with Gasteiger partial charge in [-0.25, -0.2) is 0 Å². The van der Waals surface area contributed by atoms with Crippen molar-refractivity contribution in [2.24, 2.45) is 0 Å². The molecule has 0 radical (unpaired) electrons. The summed E-state index contributed by atoms with van der Waals surface area (Å²) in [6, 6.07) is 19.1. The monoisotopic (exact) mass is 445 g/mol. The van der Waals surface area contributed by atoms with Gasteiger partial charge in [0, 0.05) is 9.37 Å². The van der Waals surface area contributed by atoms with Crippen LogP contribution in [0.1, 0.15) is 18.6 Å². The van der Waals surface area contributed by atoms with Crippen molar-refractivity contribution < 1.29 is 14.8 Å². The Bertz CT molecular complexity index is 962. The first kappa shape index (κ1) is 19.3. The number of nitro groups is 1. The van der Waals surface area contributed by atoms with E-state index in [1.807, 2.05) is 31.2 Å². The Hall–Kier alpha value is -2.51. The molecule has 0 fully saturated rings. The zero-order chi connectivity index (χ0) is 19.4. The fourth-order valence-corrected chi connectivity index (χ4v) is 3.79. The molecule has 0 aliphatic carbocycles. The molecule has 0 saturated heterocycles. The lowest BCUT2D eigenvalue weighted by Crippen LogP contribution is -2.03. The molecule has 1 atom stereocenters. The summed E-state index contributed by atoms with van der Waals surface area (Å²) in [5.41, 5.74) is 0.946. The van der Waals surface area contributed by atoms with Crippen molar-refractivity contribution in [3.05, 3.63) is 86.9 Å². The second-order valence-corrected chi connectivity index (χ2v) is 7.83. The van der Waals surface area contributed by atoms with Crippen molar-refractivity contribution in [2.75, 3.05) is 0 Å². The van der Waals surface area contributed by atoms with Crippen LogP contribution in [0.5, 0.6) is 11.5 Å². The van der Waals surface area contributed by atoms with Crippen LogP contribution in [0.3, 0.4) is 0 Å². The lowest BCUT2D eigenvalue weighted by molar-refractivity contribution is -0.387. The van der Waals surface area contributed by atoms with Crippen LogP contribution in [0.15, 0.2) is 81.0 Å². The van der Waals surface area contributed by atoms with E-state index in [0.29, 0.717) is 10.6 Å². The number of nitrogens with zero attached hydrogens (tertiary/aromatic N) is 1. The third-order valence-electron chi connectivity index (χ3n) is 3.82. The normalized spacial score (nSPS) is 11.8. The average Bonchev–Trinajstić information content (AvgIpc) is 2.64. The third kappa shape index (κ3) is 5.02. The molecule has 138 valence electrons. The van der Waals surface area contributed by atoms with E-state index in [1.165, 1.54) is 17.8 Å². The molecule has 0 unspecified atom stereocenters. The van der Waals surface area contributed by atoms with E-state index in [1.54, 1.807) is 36.4 Å². The maximum Gasteiger partial charge on any atom is 0.286 e. The fourth-order valence-electron chi connectivity index (χ4n) is 2.47. The van der Waals surface area contributed by atoms with E-state index < -0.39 is 4.92 Å². The maximum absolute atomic E-state index is 11.5. The van der Waals surface area contributed by atoms with Crippen LogP contribution in [0.25, 0.3) is 0 Å². The smallest absolute Gasteiger partial charge is 0.286 e. The first-order chi connectivity index (χ1) is 12.9. The lowest BCUT2D eigenvalue weighted by atomic mass is 10.1. The molecule has 0 amide bonds. The van der Waals surface area contributed by atoms with E-state index in [2.05, 4.69) is 15.9 Å². The zero-order valence-corrected chi connectivity index (χ0v) is 16.7. The average molecular weight is 446 g/mol. The molecule has 7 heteroatoms. The Morgan fingerprint density at radius 3 is 2.52 bits per heavy atom. The van der Waals surface area contributed by atoms with Crippen LogP contribution in [-0.2, 0) is 0 Å². The molecule has 1 N–H and O–H groups in total. The summed E-state index contributed by atoms with van der Waals surface area (Å²) in [6.45, 7) is 1.90. The minimum absolute atomic E-state index is 0.0213. The van der Waals surface area contributed by atoms with Gasteiger partial charge in [-0.05, 0) is 61.0 Å². The SMILES string of the molecule is C[C@@H](Oc1ccc(Sc2ccc(O)cc2)c([N+](=O)[O-])c1)c1cccc(Br)c1. The highest BCUT2D eigenvalue weighted by atomic mass is 79.9. The first-order valence-corrected chi connectivity index (χ1v) is 9.71. The van der Waals surface area contributed by atoms with Gasteiger partial charge in [0.25, 0.3) is 5.69 Å². The predicted octanol–water partition coefficient (Wildman–Crippen LogP) is 6.35. The van der Waals surface area contributed by atoms with Crippen LogP contribution in [0, 0.1) is 10.1 Å². The first-order valence-electron chi connectivity index (χ1n) is 8.10. The highest BCUT2D eigenvalue weighted by molar-refractivity contribution is 9.10. The quantitative estimate of drug-likeness (QED) is 0.353. The molecule has 27 heavy (non-hydrogen) atoms. The van der Waals surface area contributed by atoms with Crippen molar-refractivity contribution >= 4 is 33.4 Å². The number of aromatic hydroxyl groups is 1. The molecule has 5 nitrogen and oxygen atoms in total. The fraction of sp³-hybridized carbons (Fsp3) is 0.100. The summed E-state index contributed by atoms with van der Waals surface area (Å²) in [5, 5.41) is 20.9. The summed E-state index contributed by atoms with van der Waals surface area (Å²) in [5.74, 6) is 0.586. The molecule has 3 aromatic carbocycles. The number of hydrogen-bond donors (Lipinski definition) is 1. The van der Waals surface area contributed by atoms with Gasteiger partial charge < -0.3 is 9.84 Å². The third-order valence-corrected chi connectivity index (χ3v) is 5.39. The summed E-state index contributed by atoms with van der Waals surface area (Å²) in [6.07, 6.45) is -0.252. The second kappa shape index (κ2) is 8.45. The van der Waals surface area contributed by atoms with Crippen LogP contribution in [-0.4, -0.2) is 10.0 Å². The Kier molecular flexibility index (Phi) is 6.03. The summed E-state index contributed by atoms with van der Waals surface area (Å²) in [7, 11) is 0. The Labute approximate surface area is 169 Å². The van der Waals surface area contributed by atoms with Crippen molar-refractivity contribution in [3.8, 4) is 11.5 Å². The van der Waals surface area contributed by atoms with Crippen molar-refractivity contribution in [2.45, 2.75) is 22.8 Å².